The van der Waals surface area contributed by atoms with Crippen LogP contribution in [0.2, 0.25) is 0 Å². The van der Waals surface area contributed by atoms with E-state index in [1.807, 2.05) is 6.07 Å². The number of anilines is 3. The number of benzene rings is 1. The number of aromatic nitrogens is 4. The van der Waals surface area contributed by atoms with Crippen molar-refractivity contribution in [2.45, 2.75) is 39.3 Å². The number of pyridine rings is 1. The number of carbonyl (C=O) groups excluding carboxylic acids is 1. The second kappa shape index (κ2) is 10.3. The van der Waals surface area contributed by atoms with Crippen LogP contribution in [0.15, 0.2) is 48.9 Å². The van der Waals surface area contributed by atoms with Crippen LogP contribution < -0.4 is 21.3 Å². The van der Waals surface area contributed by atoms with E-state index in [0.717, 1.165) is 30.8 Å². The highest BCUT2D eigenvalue weighted by atomic mass is 19.1. The van der Waals surface area contributed by atoms with E-state index in [4.69, 9.17) is 5.73 Å². The maximum absolute atomic E-state index is 15.4. The summed E-state index contributed by atoms with van der Waals surface area (Å²) in [6.07, 6.45) is 5.99. The van der Waals surface area contributed by atoms with Gasteiger partial charge in [-0.15, -0.1) is 0 Å². The van der Waals surface area contributed by atoms with Crippen molar-refractivity contribution in [1.29, 1.82) is 0 Å². The van der Waals surface area contributed by atoms with E-state index in [9.17, 15) is 9.18 Å². The molecule has 0 unspecified atom stereocenters. The molecule has 1 saturated heterocycles. The van der Waals surface area contributed by atoms with Crippen molar-refractivity contribution in [1.82, 2.24) is 24.9 Å². The number of amides is 1. The molecule has 0 saturated carbocycles. The van der Waals surface area contributed by atoms with Crippen molar-refractivity contribution in [3.8, 4) is 11.3 Å². The first-order valence-corrected chi connectivity index (χ1v) is 12.6. The first kappa shape index (κ1) is 25.5. The van der Waals surface area contributed by atoms with Gasteiger partial charge >= 0.3 is 0 Å². The molecule has 198 valence electrons. The normalized spacial score (nSPS) is 17.7. The van der Waals surface area contributed by atoms with Crippen molar-refractivity contribution in [2.75, 3.05) is 23.3 Å². The second-order valence-corrected chi connectivity index (χ2v) is 10.1. The van der Waals surface area contributed by atoms with Crippen LogP contribution in [0, 0.1) is 17.6 Å². The Balaban J connectivity index is 1.51. The number of halogens is 2. The average molecular weight is 521 g/mol. The lowest BCUT2D eigenvalue weighted by Crippen LogP contribution is -2.46. The van der Waals surface area contributed by atoms with Gasteiger partial charge in [-0.1, -0.05) is 6.92 Å². The molecule has 2 atom stereocenters. The number of hydrogen-bond acceptors (Lipinski definition) is 7. The zero-order valence-electron chi connectivity index (χ0n) is 21.4. The molecule has 3 aromatic heterocycles. The fourth-order valence-corrected chi connectivity index (χ4v) is 4.88. The summed E-state index contributed by atoms with van der Waals surface area (Å²) in [4.78, 5) is 23.4. The molecule has 4 N–H and O–H groups in total. The number of nitrogens with two attached hydrogens (primary N) is 1. The molecule has 0 spiro atoms. The van der Waals surface area contributed by atoms with Crippen LogP contribution >= 0.6 is 0 Å². The summed E-state index contributed by atoms with van der Waals surface area (Å²) < 4.78 is 31.7. The van der Waals surface area contributed by atoms with E-state index in [-0.39, 0.29) is 28.9 Å². The van der Waals surface area contributed by atoms with Gasteiger partial charge in [-0.2, -0.15) is 9.61 Å². The van der Waals surface area contributed by atoms with E-state index in [1.54, 1.807) is 38.5 Å². The van der Waals surface area contributed by atoms with Crippen molar-refractivity contribution in [2.24, 2.45) is 11.7 Å². The molecule has 4 aromatic rings. The molecule has 0 radical (unpaired) electrons. The molecule has 1 aliphatic rings. The Labute approximate surface area is 219 Å². The van der Waals surface area contributed by atoms with Crippen molar-refractivity contribution in [3.05, 3.63) is 66.1 Å². The van der Waals surface area contributed by atoms with Crippen LogP contribution in [0.1, 0.15) is 37.6 Å². The van der Waals surface area contributed by atoms with Crippen LogP contribution in [0.4, 0.5) is 26.1 Å². The fourth-order valence-electron chi connectivity index (χ4n) is 4.88. The molecule has 4 heterocycles. The number of nitrogens with one attached hydrogen (secondary N) is 2. The molecule has 1 aliphatic heterocycles. The third kappa shape index (κ3) is 5.01. The van der Waals surface area contributed by atoms with Gasteiger partial charge in [0.05, 0.1) is 46.1 Å². The number of piperidine rings is 1. The number of rotatable bonds is 6. The smallest absolute Gasteiger partial charge is 0.254 e. The SMILES string of the molecule is CC(C)NC(=O)c1ccc(F)c(-c2ccc3cnc(Nc4cnccc4N4C[C@H](C)C[C@H](N)C4)n3n2)c1F. The van der Waals surface area contributed by atoms with Gasteiger partial charge in [0.15, 0.2) is 0 Å². The van der Waals surface area contributed by atoms with Crippen LogP contribution in [0.5, 0.6) is 0 Å². The molecule has 11 heteroatoms. The Hall–Kier alpha value is -4.12. The van der Waals surface area contributed by atoms with Gasteiger partial charge in [0.2, 0.25) is 5.95 Å². The molecule has 38 heavy (non-hydrogen) atoms. The maximum atomic E-state index is 15.4. The minimum absolute atomic E-state index is 0.0231. The fraction of sp³-hybridized carbons (Fsp3) is 0.333. The highest BCUT2D eigenvalue weighted by molar-refractivity contribution is 5.96. The number of imidazole rings is 1. The second-order valence-electron chi connectivity index (χ2n) is 10.1. The van der Waals surface area contributed by atoms with Gasteiger partial charge in [-0.25, -0.2) is 13.8 Å². The largest absolute Gasteiger partial charge is 0.368 e. The molecule has 1 aromatic carbocycles. The van der Waals surface area contributed by atoms with E-state index in [2.05, 4.69) is 37.5 Å². The van der Waals surface area contributed by atoms with Crippen LogP contribution in [-0.4, -0.2) is 50.7 Å². The quantitative estimate of drug-likeness (QED) is 0.350. The lowest BCUT2D eigenvalue weighted by Gasteiger charge is -2.37. The summed E-state index contributed by atoms with van der Waals surface area (Å²) >= 11 is 0. The van der Waals surface area contributed by atoms with E-state index in [1.165, 1.54) is 10.6 Å². The molecule has 1 amide bonds. The first-order valence-electron chi connectivity index (χ1n) is 12.6. The summed E-state index contributed by atoms with van der Waals surface area (Å²) in [5, 5.41) is 10.4. The standard InChI is InChI=1S/C27H30F2N8O/c1-15(2)33-26(38)19-5-6-20(28)24(25(19)29)21-7-4-18-11-32-27(37(18)35-21)34-22-12-31-9-8-23(22)36-13-16(3)10-17(30)14-36/h4-9,11-12,15-17H,10,13-14,30H2,1-3H3,(H,32,34)(H,33,38)/t16-,17+/m1/s1. The molecule has 0 bridgehead atoms. The van der Waals surface area contributed by atoms with Crippen molar-refractivity contribution in [3.63, 3.8) is 0 Å². The van der Waals surface area contributed by atoms with E-state index in [0.29, 0.717) is 29.6 Å². The molecule has 1 fully saturated rings. The predicted molar refractivity (Wildman–Crippen MR) is 142 cm³/mol. The van der Waals surface area contributed by atoms with Crippen LogP contribution in [0.3, 0.4) is 0 Å². The summed E-state index contributed by atoms with van der Waals surface area (Å²) in [5.41, 5.74) is 7.90. The van der Waals surface area contributed by atoms with Crippen molar-refractivity contribution < 1.29 is 13.6 Å². The maximum Gasteiger partial charge on any atom is 0.254 e. The zero-order chi connectivity index (χ0) is 27.0. The van der Waals surface area contributed by atoms with Gasteiger partial charge in [-0.05, 0) is 56.5 Å². The minimum Gasteiger partial charge on any atom is -0.368 e. The topological polar surface area (TPSA) is 113 Å². The molecular weight excluding hydrogens is 490 g/mol. The van der Waals surface area contributed by atoms with E-state index >= 15 is 4.39 Å². The molecular formula is C27H30F2N8O. The Morgan fingerprint density at radius 3 is 2.71 bits per heavy atom. The predicted octanol–water partition coefficient (Wildman–Crippen LogP) is 4.12. The average Bonchev–Trinajstić information content (AvgIpc) is 3.25. The lowest BCUT2D eigenvalue weighted by molar-refractivity contribution is 0.0939. The summed E-state index contributed by atoms with van der Waals surface area (Å²) in [6, 6.07) is 7.14. The van der Waals surface area contributed by atoms with E-state index < -0.39 is 17.5 Å². The zero-order valence-corrected chi connectivity index (χ0v) is 21.4. The number of hydrogen-bond donors (Lipinski definition) is 3. The van der Waals surface area contributed by atoms with Gasteiger partial charge in [-0.3, -0.25) is 9.78 Å². The third-order valence-corrected chi connectivity index (χ3v) is 6.47. The monoisotopic (exact) mass is 520 g/mol. The van der Waals surface area contributed by atoms with Crippen molar-refractivity contribution >= 4 is 28.7 Å². The number of fused-ring (bicyclic) bond motifs is 1. The van der Waals surface area contributed by atoms with Gasteiger partial charge in [0, 0.05) is 31.4 Å². The van der Waals surface area contributed by atoms with Gasteiger partial charge in [0.25, 0.3) is 5.91 Å². The summed E-state index contributed by atoms with van der Waals surface area (Å²) in [6.45, 7) is 7.27. The number of carbonyl (C=O) groups is 1. The highest BCUT2D eigenvalue weighted by Gasteiger charge is 2.25. The third-order valence-electron chi connectivity index (χ3n) is 6.47. The van der Waals surface area contributed by atoms with Crippen LogP contribution in [-0.2, 0) is 0 Å². The Morgan fingerprint density at radius 2 is 1.95 bits per heavy atom. The number of nitrogens with zero attached hydrogens (tertiary/aromatic N) is 5. The summed E-state index contributed by atoms with van der Waals surface area (Å²) in [5.74, 6) is -1.63. The summed E-state index contributed by atoms with van der Waals surface area (Å²) in [7, 11) is 0. The minimum atomic E-state index is -0.977. The highest BCUT2D eigenvalue weighted by Crippen LogP contribution is 2.32. The Morgan fingerprint density at radius 1 is 1.13 bits per heavy atom. The van der Waals surface area contributed by atoms with Gasteiger partial charge < -0.3 is 21.3 Å². The lowest BCUT2D eigenvalue weighted by atomic mass is 9.96. The molecule has 0 aliphatic carbocycles. The Bertz CT molecular complexity index is 1480. The molecule has 9 nitrogen and oxygen atoms in total. The van der Waals surface area contributed by atoms with Crippen LogP contribution in [0.25, 0.3) is 16.8 Å². The molecule has 5 rings (SSSR count). The van der Waals surface area contributed by atoms with Gasteiger partial charge in [0.1, 0.15) is 11.6 Å². The first-order chi connectivity index (χ1) is 18.2. The Kier molecular flexibility index (Phi) is 6.94.